The molecule has 0 saturated heterocycles. The van der Waals surface area contributed by atoms with Crippen LogP contribution < -0.4 is 5.32 Å². The summed E-state index contributed by atoms with van der Waals surface area (Å²) in [6.07, 6.45) is 3.79. The molecule has 98 valence electrons. The normalized spacial score (nSPS) is 13.4. The Balaban J connectivity index is 1.70. The molecule has 0 fully saturated rings. The SMILES string of the molecule is Cc1nc(NCc2ccc3c(c2)CCC3)ccc1Br. The molecule has 1 aromatic heterocycles. The lowest BCUT2D eigenvalue weighted by atomic mass is 10.1. The number of aromatic nitrogens is 1. The van der Waals surface area contributed by atoms with Gasteiger partial charge in [-0.1, -0.05) is 18.2 Å². The average molecular weight is 317 g/mol. The second kappa shape index (κ2) is 5.33. The summed E-state index contributed by atoms with van der Waals surface area (Å²) >= 11 is 3.47. The molecule has 3 rings (SSSR count). The molecule has 19 heavy (non-hydrogen) atoms. The van der Waals surface area contributed by atoms with Crippen LogP contribution in [0.25, 0.3) is 0 Å². The van der Waals surface area contributed by atoms with E-state index in [4.69, 9.17) is 0 Å². The largest absolute Gasteiger partial charge is 0.366 e. The van der Waals surface area contributed by atoms with Gasteiger partial charge in [0.2, 0.25) is 0 Å². The number of fused-ring (bicyclic) bond motifs is 1. The number of halogens is 1. The molecule has 1 heterocycles. The highest BCUT2D eigenvalue weighted by Crippen LogP contribution is 2.23. The lowest BCUT2D eigenvalue weighted by molar-refractivity contribution is 0.911. The summed E-state index contributed by atoms with van der Waals surface area (Å²) in [6, 6.07) is 10.9. The Morgan fingerprint density at radius 3 is 2.84 bits per heavy atom. The summed E-state index contributed by atoms with van der Waals surface area (Å²) in [5.74, 6) is 0.932. The van der Waals surface area contributed by atoms with Crippen LogP contribution in [0.15, 0.2) is 34.8 Å². The third-order valence-electron chi connectivity index (χ3n) is 3.66. The van der Waals surface area contributed by atoms with Crippen LogP contribution >= 0.6 is 15.9 Å². The highest BCUT2D eigenvalue weighted by Gasteiger charge is 2.10. The third kappa shape index (κ3) is 2.81. The van der Waals surface area contributed by atoms with Crippen LogP contribution in [0.2, 0.25) is 0 Å². The maximum atomic E-state index is 4.50. The van der Waals surface area contributed by atoms with E-state index in [9.17, 15) is 0 Å². The van der Waals surface area contributed by atoms with Gasteiger partial charge < -0.3 is 5.32 Å². The molecule has 2 aromatic rings. The van der Waals surface area contributed by atoms with Gasteiger partial charge in [-0.2, -0.15) is 0 Å². The van der Waals surface area contributed by atoms with E-state index < -0.39 is 0 Å². The topological polar surface area (TPSA) is 24.9 Å². The molecule has 0 radical (unpaired) electrons. The molecule has 1 aliphatic carbocycles. The number of benzene rings is 1. The fraction of sp³-hybridized carbons (Fsp3) is 0.312. The van der Waals surface area contributed by atoms with Crippen LogP contribution in [0.1, 0.15) is 28.8 Å². The van der Waals surface area contributed by atoms with Gasteiger partial charge in [0.1, 0.15) is 5.82 Å². The molecule has 1 N–H and O–H groups in total. The Morgan fingerprint density at radius 2 is 2.00 bits per heavy atom. The Labute approximate surface area is 122 Å². The van der Waals surface area contributed by atoms with Crippen molar-refractivity contribution in [3.63, 3.8) is 0 Å². The van der Waals surface area contributed by atoms with Crippen LogP contribution in [-0.2, 0) is 19.4 Å². The molecule has 0 aliphatic heterocycles. The van der Waals surface area contributed by atoms with Crippen molar-refractivity contribution in [1.29, 1.82) is 0 Å². The van der Waals surface area contributed by atoms with Crippen molar-refractivity contribution in [1.82, 2.24) is 4.98 Å². The number of aryl methyl sites for hydroxylation is 3. The fourth-order valence-electron chi connectivity index (χ4n) is 2.57. The highest BCUT2D eigenvalue weighted by molar-refractivity contribution is 9.10. The summed E-state index contributed by atoms with van der Waals surface area (Å²) in [6.45, 7) is 2.84. The second-order valence-electron chi connectivity index (χ2n) is 5.07. The molecule has 0 bridgehead atoms. The van der Waals surface area contributed by atoms with Crippen molar-refractivity contribution in [3.8, 4) is 0 Å². The zero-order valence-corrected chi connectivity index (χ0v) is 12.6. The quantitative estimate of drug-likeness (QED) is 0.915. The van der Waals surface area contributed by atoms with Crippen LogP contribution in [0.4, 0.5) is 5.82 Å². The zero-order valence-electron chi connectivity index (χ0n) is 11.0. The highest BCUT2D eigenvalue weighted by atomic mass is 79.9. The van der Waals surface area contributed by atoms with Gasteiger partial charge in [0.05, 0.1) is 5.69 Å². The number of rotatable bonds is 3. The van der Waals surface area contributed by atoms with Crippen molar-refractivity contribution < 1.29 is 0 Å². The van der Waals surface area contributed by atoms with Crippen LogP contribution in [-0.4, -0.2) is 4.98 Å². The predicted molar refractivity (Wildman–Crippen MR) is 82.5 cm³/mol. The Kier molecular flexibility index (Phi) is 3.56. The minimum Gasteiger partial charge on any atom is -0.366 e. The van der Waals surface area contributed by atoms with E-state index in [0.717, 1.165) is 22.5 Å². The van der Waals surface area contributed by atoms with E-state index >= 15 is 0 Å². The van der Waals surface area contributed by atoms with Crippen molar-refractivity contribution in [3.05, 3.63) is 57.2 Å². The fourth-order valence-corrected chi connectivity index (χ4v) is 2.79. The number of hydrogen-bond donors (Lipinski definition) is 1. The molecule has 1 aliphatic rings. The summed E-state index contributed by atoms with van der Waals surface area (Å²) in [7, 11) is 0. The van der Waals surface area contributed by atoms with E-state index in [-0.39, 0.29) is 0 Å². The van der Waals surface area contributed by atoms with Crippen molar-refractivity contribution in [2.45, 2.75) is 32.7 Å². The first-order chi connectivity index (χ1) is 9.22. The smallest absolute Gasteiger partial charge is 0.126 e. The predicted octanol–water partition coefficient (Wildman–Crippen LogP) is 4.25. The molecule has 0 unspecified atom stereocenters. The molecule has 0 amide bonds. The van der Waals surface area contributed by atoms with Gasteiger partial charge in [0.25, 0.3) is 0 Å². The van der Waals surface area contributed by atoms with Gasteiger partial charge in [-0.25, -0.2) is 4.98 Å². The Bertz CT molecular complexity index is 608. The van der Waals surface area contributed by atoms with Crippen molar-refractivity contribution >= 4 is 21.7 Å². The zero-order chi connectivity index (χ0) is 13.2. The van der Waals surface area contributed by atoms with Crippen LogP contribution in [0, 0.1) is 6.92 Å². The van der Waals surface area contributed by atoms with Crippen molar-refractivity contribution in [2.24, 2.45) is 0 Å². The van der Waals surface area contributed by atoms with Gasteiger partial charge in [0, 0.05) is 11.0 Å². The summed E-state index contributed by atoms with van der Waals surface area (Å²) in [4.78, 5) is 4.50. The molecule has 2 nitrogen and oxygen atoms in total. The average Bonchev–Trinajstić information content (AvgIpc) is 2.87. The lowest BCUT2D eigenvalue weighted by Gasteiger charge is -2.09. The van der Waals surface area contributed by atoms with E-state index in [1.165, 1.54) is 36.0 Å². The number of pyridine rings is 1. The van der Waals surface area contributed by atoms with E-state index in [2.05, 4.69) is 44.4 Å². The maximum Gasteiger partial charge on any atom is 0.126 e. The van der Waals surface area contributed by atoms with Gasteiger partial charge in [-0.3, -0.25) is 0 Å². The molecular weight excluding hydrogens is 300 g/mol. The van der Waals surface area contributed by atoms with Crippen molar-refractivity contribution in [2.75, 3.05) is 5.32 Å². The minimum atomic E-state index is 0.835. The molecule has 1 aromatic carbocycles. The van der Waals surface area contributed by atoms with Crippen LogP contribution in [0.3, 0.4) is 0 Å². The summed E-state index contributed by atoms with van der Waals surface area (Å²) in [5.41, 5.74) is 5.41. The van der Waals surface area contributed by atoms with Gasteiger partial charge >= 0.3 is 0 Å². The molecule has 0 atom stereocenters. The summed E-state index contributed by atoms with van der Waals surface area (Å²) in [5, 5.41) is 3.39. The van der Waals surface area contributed by atoms with Gasteiger partial charge in [0.15, 0.2) is 0 Å². The number of nitrogens with one attached hydrogen (secondary N) is 1. The minimum absolute atomic E-state index is 0.835. The standard InChI is InChI=1S/C16H17BrN2/c1-11-15(17)7-8-16(19-11)18-10-12-5-6-13-3-2-4-14(13)9-12/h5-9H,2-4,10H2,1H3,(H,18,19). The number of anilines is 1. The van der Waals surface area contributed by atoms with E-state index in [1.807, 2.05) is 19.1 Å². The number of hydrogen-bond acceptors (Lipinski definition) is 2. The summed E-state index contributed by atoms with van der Waals surface area (Å²) < 4.78 is 1.05. The van der Waals surface area contributed by atoms with E-state index in [0.29, 0.717) is 0 Å². The maximum absolute atomic E-state index is 4.50. The molecular formula is C16H17BrN2. The molecule has 3 heteroatoms. The first-order valence-electron chi connectivity index (χ1n) is 6.70. The van der Waals surface area contributed by atoms with Gasteiger partial charge in [-0.15, -0.1) is 0 Å². The van der Waals surface area contributed by atoms with Gasteiger partial charge in [-0.05, 0) is 70.9 Å². The Hall–Kier alpha value is -1.35. The number of nitrogens with zero attached hydrogens (tertiary/aromatic N) is 1. The van der Waals surface area contributed by atoms with E-state index in [1.54, 1.807) is 0 Å². The molecule has 0 saturated carbocycles. The first kappa shape index (κ1) is 12.7. The lowest BCUT2D eigenvalue weighted by Crippen LogP contribution is -2.02. The monoisotopic (exact) mass is 316 g/mol. The first-order valence-corrected chi connectivity index (χ1v) is 7.49. The molecule has 0 spiro atoms. The second-order valence-corrected chi connectivity index (χ2v) is 5.93. The van der Waals surface area contributed by atoms with Crippen LogP contribution in [0.5, 0.6) is 0 Å². The Morgan fingerprint density at radius 1 is 1.16 bits per heavy atom. The third-order valence-corrected chi connectivity index (χ3v) is 4.50.